The lowest BCUT2D eigenvalue weighted by Crippen LogP contribution is -2.35. The molecule has 2 nitrogen and oxygen atoms in total. The van der Waals surface area contributed by atoms with Gasteiger partial charge in [-0.25, -0.2) is 4.39 Å². The first-order valence-corrected chi connectivity index (χ1v) is 7.14. The Morgan fingerprint density at radius 1 is 1.10 bits per heavy atom. The summed E-state index contributed by atoms with van der Waals surface area (Å²) in [4.78, 5) is 0. The van der Waals surface area contributed by atoms with E-state index in [9.17, 15) is 9.50 Å². The van der Waals surface area contributed by atoms with Gasteiger partial charge in [-0.1, -0.05) is 42.5 Å². The number of rotatable bonds is 5. The summed E-state index contributed by atoms with van der Waals surface area (Å²) >= 11 is 0. The molecule has 2 aromatic carbocycles. The Bertz CT molecular complexity index is 585. The molecule has 0 aliphatic carbocycles. The Labute approximate surface area is 125 Å². The van der Waals surface area contributed by atoms with Crippen molar-refractivity contribution in [1.29, 1.82) is 0 Å². The molecule has 0 saturated heterocycles. The van der Waals surface area contributed by atoms with Gasteiger partial charge in [0.05, 0.1) is 5.60 Å². The molecule has 2 aromatic rings. The van der Waals surface area contributed by atoms with E-state index in [4.69, 9.17) is 0 Å². The Hall–Kier alpha value is -1.71. The number of hydrogen-bond donors (Lipinski definition) is 2. The van der Waals surface area contributed by atoms with E-state index >= 15 is 0 Å². The maximum Gasteiger partial charge on any atom is 0.129 e. The van der Waals surface area contributed by atoms with Gasteiger partial charge in [0.25, 0.3) is 0 Å². The van der Waals surface area contributed by atoms with Crippen LogP contribution in [-0.2, 0) is 12.1 Å². The largest absolute Gasteiger partial charge is 0.384 e. The lowest BCUT2D eigenvalue weighted by molar-refractivity contribution is 0.0567. The van der Waals surface area contributed by atoms with E-state index in [1.807, 2.05) is 42.5 Å². The van der Waals surface area contributed by atoms with Crippen LogP contribution in [0.3, 0.4) is 0 Å². The van der Waals surface area contributed by atoms with Crippen molar-refractivity contribution in [2.75, 3.05) is 6.54 Å². The molecule has 21 heavy (non-hydrogen) atoms. The highest BCUT2D eigenvalue weighted by molar-refractivity contribution is 5.30. The SMILES string of the molecule is Cc1cc(CNCC(C)(O)c2ccccc2)cc(C)c1F. The standard InChI is InChI=1S/C18H22FNO/c1-13-9-15(10-14(2)17(13)19)11-20-12-18(3,21)16-7-5-4-6-8-16/h4-10,20-21H,11-12H2,1-3H3. The van der Waals surface area contributed by atoms with Crippen molar-refractivity contribution in [1.82, 2.24) is 5.32 Å². The zero-order chi connectivity index (χ0) is 15.5. The summed E-state index contributed by atoms with van der Waals surface area (Å²) in [5.74, 6) is -0.143. The molecule has 0 radical (unpaired) electrons. The van der Waals surface area contributed by atoms with Crippen LogP contribution in [0.5, 0.6) is 0 Å². The minimum absolute atomic E-state index is 0.143. The van der Waals surface area contributed by atoms with Crippen molar-refractivity contribution in [2.24, 2.45) is 0 Å². The van der Waals surface area contributed by atoms with E-state index in [-0.39, 0.29) is 5.82 Å². The summed E-state index contributed by atoms with van der Waals surface area (Å²) in [5.41, 5.74) is 2.29. The first kappa shape index (κ1) is 15.7. The highest BCUT2D eigenvalue weighted by atomic mass is 19.1. The molecule has 0 heterocycles. The van der Waals surface area contributed by atoms with Gasteiger partial charge in [0.1, 0.15) is 5.82 Å². The third-order valence-electron chi connectivity index (χ3n) is 3.69. The number of aryl methyl sites for hydroxylation is 2. The summed E-state index contributed by atoms with van der Waals surface area (Å²) in [6, 6.07) is 13.3. The van der Waals surface area contributed by atoms with Crippen LogP contribution in [0.15, 0.2) is 42.5 Å². The van der Waals surface area contributed by atoms with Crippen LogP contribution in [0, 0.1) is 19.7 Å². The molecule has 0 bridgehead atoms. The number of benzene rings is 2. The van der Waals surface area contributed by atoms with Gasteiger partial charge in [-0.05, 0) is 43.0 Å². The van der Waals surface area contributed by atoms with Crippen LogP contribution in [-0.4, -0.2) is 11.7 Å². The number of halogens is 1. The number of aliphatic hydroxyl groups is 1. The molecule has 1 atom stereocenters. The van der Waals surface area contributed by atoms with E-state index < -0.39 is 5.60 Å². The fourth-order valence-corrected chi connectivity index (χ4v) is 2.49. The van der Waals surface area contributed by atoms with Crippen molar-refractivity contribution in [3.05, 3.63) is 70.5 Å². The molecular weight excluding hydrogens is 265 g/mol. The first-order valence-electron chi connectivity index (χ1n) is 7.14. The van der Waals surface area contributed by atoms with E-state index in [1.165, 1.54) is 0 Å². The Morgan fingerprint density at radius 3 is 2.24 bits per heavy atom. The molecule has 0 saturated carbocycles. The van der Waals surface area contributed by atoms with Crippen LogP contribution >= 0.6 is 0 Å². The second-order valence-corrected chi connectivity index (χ2v) is 5.79. The van der Waals surface area contributed by atoms with Crippen molar-refractivity contribution >= 4 is 0 Å². The van der Waals surface area contributed by atoms with Gasteiger partial charge in [0.15, 0.2) is 0 Å². The van der Waals surface area contributed by atoms with Crippen LogP contribution in [0.2, 0.25) is 0 Å². The smallest absolute Gasteiger partial charge is 0.129 e. The lowest BCUT2D eigenvalue weighted by Gasteiger charge is -2.24. The fourth-order valence-electron chi connectivity index (χ4n) is 2.49. The van der Waals surface area contributed by atoms with Crippen molar-refractivity contribution in [2.45, 2.75) is 32.9 Å². The zero-order valence-electron chi connectivity index (χ0n) is 12.8. The average Bonchev–Trinajstić information content (AvgIpc) is 2.45. The predicted molar refractivity (Wildman–Crippen MR) is 83.6 cm³/mol. The molecule has 0 aliphatic rings. The van der Waals surface area contributed by atoms with Crippen LogP contribution < -0.4 is 5.32 Å². The molecule has 0 fully saturated rings. The molecule has 112 valence electrons. The predicted octanol–water partition coefficient (Wildman–Crippen LogP) is 3.44. The lowest BCUT2D eigenvalue weighted by atomic mass is 9.96. The summed E-state index contributed by atoms with van der Waals surface area (Å²) < 4.78 is 13.6. The van der Waals surface area contributed by atoms with Gasteiger partial charge >= 0.3 is 0 Å². The molecule has 0 aromatic heterocycles. The maximum atomic E-state index is 13.6. The number of nitrogens with one attached hydrogen (secondary N) is 1. The van der Waals surface area contributed by atoms with E-state index in [1.54, 1.807) is 20.8 Å². The Kier molecular flexibility index (Phi) is 4.76. The molecular formula is C18H22FNO. The quantitative estimate of drug-likeness (QED) is 0.883. The molecule has 0 aliphatic heterocycles. The minimum atomic E-state index is -0.925. The third-order valence-corrected chi connectivity index (χ3v) is 3.69. The van der Waals surface area contributed by atoms with Crippen LogP contribution in [0.4, 0.5) is 4.39 Å². The highest BCUT2D eigenvalue weighted by Gasteiger charge is 2.21. The summed E-state index contributed by atoms with van der Waals surface area (Å²) in [7, 11) is 0. The molecule has 0 spiro atoms. The molecule has 2 rings (SSSR count). The fraction of sp³-hybridized carbons (Fsp3) is 0.333. The van der Waals surface area contributed by atoms with Crippen molar-refractivity contribution < 1.29 is 9.50 Å². The van der Waals surface area contributed by atoms with Crippen LogP contribution in [0.25, 0.3) is 0 Å². The molecule has 2 N–H and O–H groups in total. The first-order chi connectivity index (χ1) is 9.90. The average molecular weight is 287 g/mol. The van der Waals surface area contributed by atoms with Gasteiger partial charge in [-0.15, -0.1) is 0 Å². The van der Waals surface area contributed by atoms with Gasteiger partial charge < -0.3 is 10.4 Å². The topological polar surface area (TPSA) is 32.3 Å². The summed E-state index contributed by atoms with van der Waals surface area (Å²) in [5, 5.41) is 13.7. The van der Waals surface area contributed by atoms with E-state index in [0.29, 0.717) is 24.2 Å². The van der Waals surface area contributed by atoms with Crippen molar-refractivity contribution in [3.8, 4) is 0 Å². The second-order valence-electron chi connectivity index (χ2n) is 5.79. The van der Waals surface area contributed by atoms with Gasteiger partial charge in [0, 0.05) is 13.1 Å². The second kappa shape index (κ2) is 6.37. The van der Waals surface area contributed by atoms with Gasteiger partial charge in [-0.2, -0.15) is 0 Å². The molecule has 1 unspecified atom stereocenters. The van der Waals surface area contributed by atoms with Gasteiger partial charge in [0.2, 0.25) is 0 Å². The molecule has 0 amide bonds. The Morgan fingerprint density at radius 2 is 1.67 bits per heavy atom. The zero-order valence-corrected chi connectivity index (χ0v) is 12.8. The third kappa shape index (κ3) is 3.90. The molecule has 3 heteroatoms. The monoisotopic (exact) mass is 287 g/mol. The maximum absolute atomic E-state index is 13.6. The van der Waals surface area contributed by atoms with Gasteiger partial charge in [-0.3, -0.25) is 0 Å². The normalized spacial score (nSPS) is 14.0. The summed E-state index contributed by atoms with van der Waals surface area (Å²) in [6.07, 6.45) is 0. The summed E-state index contributed by atoms with van der Waals surface area (Å²) in [6.45, 7) is 6.37. The minimum Gasteiger partial charge on any atom is -0.384 e. The van der Waals surface area contributed by atoms with E-state index in [2.05, 4.69) is 5.32 Å². The van der Waals surface area contributed by atoms with Crippen LogP contribution in [0.1, 0.15) is 29.2 Å². The Balaban J connectivity index is 1.98. The highest BCUT2D eigenvalue weighted by Crippen LogP contribution is 2.19. The van der Waals surface area contributed by atoms with Crippen molar-refractivity contribution in [3.63, 3.8) is 0 Å². The van der Waals surface area contributed by atoms with E-state index in [0.717, 1.165) is 11.1 Å². The number of hydrogen-bond acceptors (Lipinski definition) is 2.